The number of methoxy groups -OCH3 is 2. The van der Waals surface area contributed by atoms with Gasteiger partial charge in [-0.3, -0.25) is 5.43 Å². The van der Waals surface area contributed by atoms with Crippen LogP contribution in [0.5, 0.6) is 11.5 Å². The monoisotopic (exact) mass is 348 g/mol. The zero-order valence-corrected chi connectivity index (χ0v) is 13.8. The van der Waals surface area contributed by atoms with Crippen molar-refractivity contribution in [2.24, 2.45) is 5.10 Å². The molecule has 0 aliphatic carbocycles. The summed E-state index contributed by atoms with van der Waals surface area (Å²) >= 11 is 3.49. The van der Waals surface area contributed by atoms with Crippen molar-refractivity contribution in [3.63, 3.8) is 0 Å². The number of anilines is 1. The van der Waals surface area contributed by atoms with E-state index in [0.717, 1.165) is 15.7 Å². The summed E-state index contributed by atoms with van der Waals surface area (Å²) in [5, 5.41) is 4.24. The van der Waals surface area contributed by atoms with Gasteiger partial charge in [0.1, 0.15) is 0 Å². The first-order valence-corrected chi connectivity index (χ1v) is 7.20. The van der Waals surface area contributed by atoms with Crippen molar-refractivity contribution in [2.75, 3.05) is 19.6 Å². The van der Waals surface area contributed by atoms with E-state index >= 15 is 0 Å². The van der Waals surface area contributed by atoms with Gasteiger partial charge in [0.25, 0.3) is 0 Å². The van der Waals surface area contributed by atoms with Crippen LogP contribution in [0.25, 0.3) is 0 Å². The Morgan fingerprint density at radius 1 is 1.10 bits per heavy atom. The summed E-state index contributed by atoms with van der Waals surface area (Å²) < 4.78 is 11.4. The van der Waals surface area contributed by atoms with Crippen LogP contribution in [0.15, 0.2) is 46.0 Å². The molecule has 0 amide bonds. The van der Waals surface area contributed by atoms with Crippen molar-refractivity contribution in [1.29, 1.82) is 0 Å². The van der Waals surface area contributed by atoms with Gasteiger partial charge in [-0.1, -0.05) is 12.1 Å². The van der Waals surface area contributed by atoms with Crippen LogP contribution in [0, 0.1) is 6.92 Å². The number of nitrogens with zero attached hydrogens (tertiary/aromatic N) is 1. The second-order valence-electron chi connectivity index (χ2n) is 4.47. The number of hydrogen-bond acceptors (Lipinski definition) is 4. The second-order valence-corrected chi connectivity index (χ2v) is 5.32. The van der Waals surface area contributed by atoms with E-state index in [1.807, 2.05) is 43.3 Å². The molecule has 0 saturated heterocycles. The maximum atomic E-state index is 5.28. The Labute approximate surface area is 132 Å². The van der Waals surface area contributed by atoms with E-state index in [0.29, 0.717) is 11.5 Å². The minimum atomic E-state index is 0.665. The van der Waals surface area contributed by atoms with Gasteiger partial charge in [-0.2, -0.15) is 5.10 Å². The molecular weight excluding hydrogens is 332 g/mol. The van der Waals surface area contributed by atoms with Crippen molar-refractivity contribution < 1.29 is 9.47 Å². The molecule has 21 heavy (non-hydrogen) atoms. The molecule has 0 aliphatic heterocycles. The summed E-state index contributed by atoms with van der Waals surface area (Å²) in [4.78, 5) is 0. The number of halogens is 1. The molecule has 5 heteroatoms. The molecule has 0 radical (unpaired) electrons. The largest absolute Gasteiger partial charge is 0.493 e. The first-order chi connectivity index (χ1) is 10.1. The van der Waals surface area contributed by atoms with Gasteiger partial charge in [0.15, 0.2) is 11.5 Å². The van der Waals surface area contributed by atoms with Gasteiger partial charge < -0.3 is 9.47 Å². The molecule has 110 valence electrons. The zero-order chi connectivity index (χ0) is 15.2. The highest BCUT2D eigenvalue weighted by Gasteiger charge is 2.07. The van der Waals surface area contributed by atoms with Crippen LogP contribution in [-0.2, 0) is 0 Å². The maximum Gasteiger partial charge on any atom is 0.161 e. The summed E-state index contributed by atoms with van der Waals surface area (Å²) in [6.07, 6.45) is 1.73. The van der Waals surface area contributed by atoms with Crippen LogP contribution in [0.4, 0.5) is 5.69 Å². The van der Waals surface area contributed by atoms with Crippen LogP contribution >= 0.6 is 15.9 Å². The lowest BCUT2D eigenvalue weighted by atomic mass is 10.2. The summed E-state index contributed by atoms with van der Waals surface area (Å²) in [5.74, 6) is 1.34. The zero-order valence-electron chi connectivity index (χ0n) is 12.2. The molecule has 0 heterocycles. The Hall–Kier alpha value is -2.01. The highest BCUT2D eigenvalue weighted by Crippen LogP contribution is 2.32. The highest BCUT2D eigenvalue weighted by molar-refractivity contribution is 9.10. The van der Waals surface area contributed by atoms with Crippen molar-refractivity contribution in [1.82, 2.24) is 0 Å². The van der Waals surface area contributed by atoms with Crippen LogP contribution < -0.4 is 14.9 Å². The van der Waals surface area contributed by atoms with Gasteiger partial charge in [-0.25, -0.2) is 0 Å². The molecule has 2 aromatic carbocycles. The van der Waals surface area contributed by atoms with Crippen molar-refractivity contribution in [2.45, 2.75) is 6.92 Å². The lowest BCUT2D eigenvalue weighted by molar-refractivity contribution is 0.354. The van der Waals surface area contributed by atoms with Gasteiger partial charge in [-0.15, -0.1) is 0 Å². The average Bonchev–Trinajstić information content (AvgIpc) is 2.48. The smallest absolute Gasteiger partial charge is 0.161 e. The minimum Gasteiger partial charge on any atom is -0.493 e. The van der Waals surface area contributed by atoms with Gasteiger partial charge in [0.2, 0.25) is 0 Å². The van der Waals surface area contributed by atoms with E-state index in [-0.39, 0.29) is 0 Å². The van der Waals surface area contributed by atoms with E-state index in [9.17, 15) is 0 Å². The summed E-state index contributed by atoms with van der Waals surface area (Å²) in [7, 11) is 3.22. The van der Waals surface area contributed by atoms with Crippen LogP contribution in [-0.4, -0.2) is 20.4 Å². The third-order valence-electron chi connectivity index (χ3n) is 2.92. The lowest BCUT2D eigenvalue weighted by Gasteiger charge is -2.09. The Balaban J connectivity index is 2.17. The molecule has 1 N–H and O–H groups in total. The number of hydrogen-bond donors (Lipinski definition) is 1. The number of rotatable bonds is 5. The Morgan fingerprint density at radius 3 is 2.48 bits per heavy atom. The number of ether oxygens (including phenoxy) is 2. The molecular formula is C16H17BrN2O2. The summed E-state index contributed by atoms with van der Waals surface area (Å²) in [6, 6.07) is 11.7. The molecule has 0 spiro atoms. The molecule has 4 nitrogen and oxygen atoms in total. The van der Waals surface area contributed by atoms with Crippen LogP contribution in [0.3, 0.4) is 0 Å². The fourth-order valence-electron chi connectivity index (χ4n) is 1.86. The Bertz CT molecular complexity index is 657. The molecule has 0 atom stereocenters. The van der Waals surface area contributed by atoms with Gasteiger partial charge in [0, 0.05) is 10.0 Å². The van der Waals surface area contributed by atoms with Crippen molar-refractivity contribution in [3.8, 4) is 11.5 Å². The topological polar surface area (TPSA) is 42.8 Å². The van der Waals surface area contributed by atoms with Gasteiger partial charge >= 0.3 is 0 Å². The quantitative estimate of drug-likeness (QED) is 0.649. The predicted octanol–water partition coefficient (Wildman–Crippen LogP) is 4.22. The standard InChI is InChI=1S/C16H17BrN2O2/c1-11-5-4-6-13(7-11)19-18-10-12-8-15(20-2)16(21-3)9-14(12)17/h4-10,19H,1-3H3/b18-10-. The molecule has 0 bridgehead atoms. The normalized spacial score (nSPS) is 10.7. The summed E-state index contributed by atoms with van der Waals surface area (Å²) in [5.41, 5.74) is 6.03. The van der Waals surface area contributed by atoms with Gasteiger partial charge in [-0.05, 0) is 52.7 Å². The predicted molar refractivity (Wildman–Crippen MR) is 89.6 cm³/mol. The fourth-order valence-corrected chi connectivity index (χ4v) is 2.28. The average molecular weight is 349 g/mol. The number of nitrogens with one attached hydrogen (secondary N) is 1. The number of aryl methyl sites for hydroxylation is 1. The molecule has 0 aromatic heterocycles. The number of benzene rings is 2. The second kappa shape index (κ2) is 7.13. The third-order valence-corrected chi connectivity index (χ3v) is 3.60. The Morgan fingerprint density at radius 2 is 1.81 bits per heavy atom. The van der Waals surface area contributed by atoms with E-state index < -0.39 is 0 Å². The van der Waals surface area contributed by atoms with E-state index in [1.54, 1.807) is 20.4 Å². The SMILES string of the molecule is COc1cc(Br)c(/C=N\Nc2cccc(C)c2)cc1OC. The third kappa shape index (κ3) is 3.98. The van der Waals surface area contributed by atoms with E-state index in [1.165, 1.54) is 5.56 Å². The molecule has 2 rings (SSSR count). The first kappa shape index (κ1) is 15.4. The Kier molecular flexibility index (Phi) is 5.22. The van der Waals surface area contributed by atoms with Crippen LogP contribution in [0.1, 0.15) is 11.1 Å². The van der Waals surface area contributed by atoms with E-state index in [2.05, 4.69) is 26.5 Å². The maximum absolute atomic E-state index is 5.28. The molecule has 0 unspecified atom stereocenters. The van der Waals surface area contributed by atoms with E-state index in [4.69, 9.17) is 9.47 Å². The lowest BCUT2D eigenvalue weighted by Crippen LogP contribution is -1.95. The molecule has 0 aliphatic rings. The van der Waals surface area contributed by atoms with Crippen LogP contribution in [0.2, 0.25) is 0 Å². The minimum absolute atomic E-state index is 0.665. The first-order valence-electron chi connectivity index (χ1n) is 6.41. The van der Waals surface area contributed by atoms with Crippen molar-refractivity contribution in [3.05, 3.63) is 52.0 Å². The molecule has 0 fully saturated rings. The van der Waals surface area contributed by atoms with Crippen molar-refractivity contribution >= 4 is 27.8 Å². The van der Waals surface area contributed by atoms with Gasteiger partial charge in [0.05, 0.1) is 26.1 Å². The summed E-state index contributed by atoms with van der Waals surface area (Å²) in [6.45, 7) is 2.04. The number of hydrazone groups is 1. The molecule has 0 saturated carbocycles. The fraction of sp³-hybridized carbons (Fsp3) is 0.188. The highest BCUT2D eigenvalue weighted by atomic mass is 79.9. The molecule has 2 aromatic rings.